The second-order valence-electron chi connectivity index (χ2n) is 8.79. The van der Waals surface area contributed by atoms with Crippen LogP contribution in [0.5, 0.6) is 17.2 Å². The van der Waals surface area contributed by atoms with Gasteiger partial charge in [-0.25, -0.2) is 4.98 Å². The Morgan fingerprint density at radius 3 is 2.50 bits per heavy atom. The van der Waals surface area contributed by atoms with Crippen molar-refractivity contribution >= 4 is 22.6 Å². The maximum Gasteiger partial charge on any atom is 0.227 e. The standard InChI is InChI=1S/C29H31N3O4/c1-3-35-27-12-7-6-11-26(27)32-20-21(19-28(32)33)29-30-24-9-4-5-10-25(24)31(29)17-8-18-36-23-15-13-22(34-2)14-16-23/h4-7,9-16,21H,3,8,17-20H2,1-2H3. The van der Waals surface area contributed by atoms with Crippen LogP contribution < -0.4 is 19.1 Å². The number of fused-ring (bicyclic) bond motifs is 1. The third kappa shape index (κ3) is 4.87. The van der Waals surface area contributed by atoms with Crippen molar-refractivity contribution in [2.24, 2.45) is 0 Å². The van der Waals surface area contributed by atoms with Crippen LogP contribution in [0.4, 0.5) is 5.69 Å². The zero-order valence-electron chi connectivity index (χ0n) is 20.7. The number of aryl methyl sites for hydroxylation is 1. The molecule has 1 amide bonds. The predicted octanol–water partition coefficient (Wildman–Crippen LogP) is 5.43. The highest BCUT2D eigenvalue weighted by atomic mass is 16.5. The minimum atomic E-state index is 0.00193. The summed E-state index contributed by atoms with van der Waals surface area (Å²) in [4.78, 5) is 19.9. The van der Waals surface area contributed by atoms with Crippen molar-refractivity contribution in [1.29, 1.82) is 0 Å². The van der Waals surface area contributed by atoms with Crippen LogP contribution in [0.1, 0.15) is 31.5 Å². The summed E-state index contributed by atoms with van der Waals surface area (Å²) in [6.07, 6.45) is 1.24. The first-order valence-electron chi connectivity index (χ1n) is 12.4. The summed E-state index contributed by atoms with van der Waals surface area (Å²) in [5, 5.41) is 0. The summed E-state index contributed by atoms with van der Waals surface area (Å²) in [6, 6.07) is 23.5. The maximum atomic E-state index is 13.1. The van der Waals surface area contributed by atoms with Crippen molar-refractivity contribution < 1.29 is 19.0 Å². The van der Waals surface area contributed by atoms with E-state index in [4.69, 9.17) is 19.2 Å². The number of nitrogens with zero attached hydrogens (tertiary/aromatic N) is 3. The zero-order chi connectivity index (χ0) is 24.9. The number of hydrogen-bond donors (Lipinski definition) is 0. The molecule has 2 heterocycles. The number of hydrogen-bond acceptors (Lipinski definition) is 5. The highest BCUT2D eigenvalue weighted by molar-refractivity contribution is 5.97. The van der Waals surface area contributed by atoms with Gasteiger partial charge in [0.05, 0.1) is 37.0 Å². The lowest BCUT2D eigenvalue weighted by Crippen LogP contribution is -2.25. The Kier molecular flexibility index (Phi) is 7.07. The quantitative estimate of drug-likeness (QED) is 0.280. The average Bonchev–Trinajstić information content (AvgIpc) is 3.48. The van der Waals surface area contributed by atoms with Gasteiger partial charge < -0.3 is 23.7 Å². The fraction of sp³-hybridized carbons (Fsp3) is 0.310. The minimum absolute atomic E-state index is 0.00193. The van der Waals surface area contributed by atoms with Gasteiger partial charge in [-0.15, -0.1) is 0 Å². The van der Waals surface area contributed by atoms with Gasteiger partial charge in [0.25, 0.3) is 0 Å². The lowest BCUT2D eigenvalue weighted by atomic mass is 10.1. The molecule has 0 saturated carbocycles. The molecule has 0 radical (unpaired) electrons. The van der Waals surface area contributed by atoms with Crippen LogP contribution >= 0.6 is 0 Å². The van der Waals surface area contributed by atoms with Crippen LogP contribution in [0, 0.1) is 0 Å². The first-order chi connectivity index (χ1) is 17.7. The number of amides is 1. The molecule has 1 fully saturated rings. The Labute approximate surface area is 211 Å². The minimum Gasteiger partial charge on any atom is -0.497 e. The second kappa shape index (κ2) is 10.7. The van der Waals surface area contributed by atoms with Crippen LogP contribution in [0.2, 0.25) is 0 Å². The van der Waals surface area contributed by atoms with Gasteiger partial charge in [-0.05, 0) is 61.9 Å². The van der Waals surface area contributed by atoms with Crippen molar-refractivity contribution in [3.63, 3.8) is 0 Å². The normalized spacial score (nSPS) is 15.4. The summed E-state index contributed by atoms with van der Waals surface area (Å²) in [5.41, 5.74) is 2.85. The Balaban J connectivity index is 1.33. The third-order valence-corrected chi connectivity index (χ3v) is 6.48. The topological polar surface area (TPSA) is 65.8 Å². The molecule has 1 saturated heterocycles. The molecule has 1 unspecified atom stereocenters. The van der Waals surface area contributed by atoms with Crippen molar-refractivity contribution in [3.05, 3.63) is 78.6 Å². The van der Waals surface area contributed by atoms with Crippen LogP contribution in [-0.4, -0.2) is 42.3 Å². The van der Waals surface area contributed by atoms with E-state index in [0.29, 0.717) is 26.2 Å². The number of carbonyl (C=O) groups excluding carboxylic acids is 1. The van der Waals surface area contributed by atoms with Crippen LogP contribution in [0.25, 0.3) is 11.0 Å². The highest BCUT2D eigenvalue weighted by Gasteiger charge is 2.35. The van der Waals surface area contributed by atoms with Gasteiger partial charge in [0, 0.05) is 25.4 Å². The molecule has 0 aliphatic carbocycles. The van der Waals surface area contributed by atoms with E-state index in [9.17, 15) is 4.79 Å². The van der Waals surface area contributed by atoms with E-state index in [-0.39, 0.29) is 11.8 Å². The summed E-state index contributed by atoms with van der Waals surface area (Å²) < 4.78 is 19.2. The summed E-state index contributed by atoms with van der Waals surface area (Å²) in [5.74, 6) is 3.40. The van der Waals surface area contributed by atoms with Crippen molar-refractivity contribution in [2.75, 3.05) is 31.8 Å². The molecular formula is C29H31N3O4. The van der Waals surface area contributed by atoms with E-state index in [1.165, 1.54) is 0 Å². The smallest absolute Gasteiger partial charge is 0.227 e. The zero-order valence-corrected chi connectivity index (χ0v) is 20.7. The monoisotopic (exact) mass is 485 g/mol. The van der Waals surface area contributed by atoms with Crippen molar-refractivity contribution in [1.82, 2.24) is 9.55 Å². The van der Waals surface area contributed by atoms with Gasteiger partial charge in [0.15, 0.2) is 0 Å². The predicted molar refractivity (Wildman–Crippen MR) is 140 cm³/mol. The van der Waals surface area contributed by atoms with Gasteiger partial charge in [-0.2, -0.15) is 0 Å². The van der Waals surface area contributed by atoms with Crippen molar-refractivity contribution in [2.45, 2.75) is 32.2 Å². The van der Waals surface area contributed by atoms with Gasteiger partial charge in [-0.1, -0.05) is 24.3 Å². The summed E-state index contributed by atoms with van der Waals surface area (Å²) in [7, 11) is 1.65. The number of imidazole rings is 1. The fourth-order valence-corrected chi connectivity index (χ4v) is 4.80. The number of benzene rings is 3. The Hall–Kier alpha value is -4.00. The molecular weight excluding hydrogens is 454 g/mol. The molecule has 5 rings (SSSR count). The van der Waals surface area contributed by atoms with E-state index in [1.807, 2.05) is 78.6 Å². The number of aromatic nitrogens is 2. The largest absolute Gasteiger partial charge is 0.497 e. The number of rotatable bonds is 10. The third-order valence-electron chi connectivity index (χ3n) is 6.48. The van der Waals surface area contributed by atoms with E-state index in [0.717, 1.165) is 52.8 Å². The summed E-state index contributed by atoms with van der Waals surface area (Å²) in [6.45, 7) is 4.42. The number of para-hydroxylation sites is 4. The molecule has 3 aromatic carbocycles. The number of ether oxygens (including phenoxy) is 3. The fourth-order valence-electron chi connectivity index (χ4n) is 4.80. The first kappa shape index (κ1) is 23.7. The number of anilines is 1. The molecule has 1 aliphatic rings. The maximum absolute atomic E-state index is 13.1. The van der Waals surface area contributed by atoms with Crippen LogP contribution in [-0.2, 0) is 11.3 Å². The molecule has 36 heavy (non-hydrogen) atoms. The van der Waals surface area contributed by atoms with E-state index in [1.54, 1.807) is 7.11 Å². The molecule has 4 aromatic rings. The molecule has 1 aromatic heterocycles. The lowest BCUT2D eigenvalue weighted by Gasteiger charge is -2.20. The molecule has 186 valence electrons. The molecule has 7 nitrogen and oxygen atoms in total. The van der Waals surface area contributed by atoms with Gasteiger partial charge in [0.1, 0.15) is 23.1 Å². The molecule has 1 atom stereocenters. The van der Waals surface area contributed by atoms with Gasteiger partial charge in [-0.3, -0.25) is 4.79 Å². The van der Waals surface area contributed by atoms with E-state index < -0.39 is 0 Å². The molecule has 0 bridgehead atoms. The Morgan fingerprint density at radius 1 is 0.944 bits per heavy atom. The van der Waals surface area contributed by atoms with E-state index in [2.05, 4.69) is 10.6 Å². The first-order valence-corrected chi connectivity index (χ1v) is 12.4. The van der Waals surface area contributed by atoms with E-state index >= 15 is 0 Å². The number of carbonyl (C=O) groups is 1. The SMILES string of the molecule is CCOc1ccccc1N1CC(c2nc3ccccc3n2CCCOc2ccc(OC)cc2)CC1=O. The highest BCUT2D eigenvalue weighted by Crippen LogP contribution is 2.37. The molecule has 0 spiro atoms. The number of methoxy groups -OCH3 is 1. The second-order valence-corrected chi connectivity index (χ2v) is 8.79. The molecule has 0 N–H and O–H groups in total. The van der Waals surface area contributed by atoms with Crippen LogP contribution in [0.3, 0.4) is 0 Å². The van der Waals surface area contributed by atoms with Crippen LogP contribution in [0.15, 0.2) is 72.8 Å². The van der Waals surface area contributed by atoms with Gasteiger partial charge >= 0.3 is 0 Å². The van der Waals surface area contributed by atoms with Crippen molar-refractivity contribution in [3.8, 4) is 17.2 Å². The summed E-state index contributed by atoms with van der Waals surface area (Å²) >= 11 is 0. The average molecular weight is 486 g/mol. The molecule has 7 heteroatoms. The lowest BCUT2D eigenvalue weighted by molar-refractivity contribution is -0.117. The molecule has 1 aliphatic heterocycles. The van der Waals surface area contributed by atoms with Gasteiger partial charge in [0.2, 0.25) is 5.91 Å². The Bertz CT molecular complexity index is 1330. The Morgan fingerprint density at radius 2 is 1.69 bits per heavy atom.